The Morgan fingerprint density at radius 2 is 2.00 bits per heavy atom. The van der Waals surface area contributed by atoms with Gasteiger partial charge in [-0.25, -0.2) is 4.98 Å². The molecule has 1 saturated heterocycles. The number of aromatic nitrogens is 2. The Kier molecular flexibility index (Phi) is 4.39. The first-order valence-corrected chi connectivity index (χ1v) is 6.62. The van der Waals surface area contributed by atoms with Crippen molar-refractivity contribution in [3.63, 3.8) is 0 Å². The minimum Gasteiger partial charge on any atom is -0.481 e. The molecule has 1 aromatic rings. The zero-order valence-electron chi connectivity index (χ0n) is 12.0. The molecular weight excluding hydrogens is 260 g/mol. The van der Waals surface area contributed by atoms with Gasteiger partial charge < -0.3 is 14.7 Å². The lowest BCUT2D eigenvalue weighted by Crippen LogP contribution is -2.52. The first kappa shape index (κ1) is 14.5. The van der Waals surface area contributed by atoms with Crippen LogP contribution in [0.2, 0.25) is 0 Å². The number of carbonyl (C=O) groups is 1. The number of rotatable bonds is 4. The van der Waals surface area contributed by atoms with E-state index >= 15 is 0 Å². The quantitative estimate of drug-likeness (QED) is 0.854. The van der Waals surface area contributed by atoms with E-state index in [0.29, 0.717) is 38.0 Å². The van der Waals surface area contributed by atoms with Gasteiger partial charge in [-0.2, -0.15) is 4.98 Å². The SMILES string of the molecule is COc1cc(C)nc(N2CCN(C(C)C(=O)O)CC2)n1. The molecule has 1 N–H and O–H groups in total. The van der Waals surface area contributed by atoms with Crippen molar-refractivity contribution in [3.05, 3.63) is 11.8 Å². The van der Waals surface area contributed by atoms with E-state index in [0.717, 1.165) is 5.69 Å². The fourth-order valence-electron chi connectivity index (χ4n) is 2.24. The second-order valence-electron chi connectivity index (χ2n) is 4.89. The van der Waals surface area contributed by atoms with Gasteiger partial charge in [0.1, 0.15) is 6.04 Å². The molecule has 20 heavy (non-hydrogen) atoms. The van der Waals surface area contributed by atoms with Crippen LogP contribution in [0.4, 0.5) is 5.95 Å². The third-order valence-electron chi connectivity index (χ3n) is 3.53. The maximum atomic E-state index is 11.0. The molecule has 0 spiro atoms. The number of ether oxygens (including phenoxy) is 1. The molecule has 0 aromatic carbocycles. The Labute approximate surface area is 118 Å². The monoisotopic (exact) mass is 280 g/mol. The number of aryl methyl sites for hydroxylation is 1. The van der Waals surface area contributed by atoms with Crippen LogP contribution in [0.5, 0.6) is 5.88 Å². The molecule has 1 aromatic heterocycles. The highest BCUT2D eigenvalue weighted by molar-refractivity contribution is 5.72. The first-order chi connectivity index (χ1) is 9.51. The van der Waals surface area contributed by atoms with Crippen molar-refractivity contribution in [3.8, 4) is 5.88 Å². The van der Waals surface area contributed by atoms with E-state index in [9.17, 15) is 4.79 Å². The van der Waals surface area contributed by atoms with Crippen molar-refractivity contribution >= 4 is 11.9 Å². The van der Waals surface area contributed by atoms with Gasteiger partial charge in [0, 0.05) is 37.9 Å². The van der Waals surface area contributed by atoms with Crippen molar-refractivity contribution in [2.75, 3.05) is 38.2 Å². The van der Waals surface area contributed by atoms with Crippen LogP contribution in [-0.2, 0) is 4.79 Å². The number of hydrogen-bond donors (Lipinski definition) is 1. The predicted octanol–water partition coefficient (Wildman–Crippen LogP) is 0.389. The van der Waals surface area contributed by atoms with E-state index in [4.69, 9.17) is 9.84 Å². The van der Waals surface area contributed by atoms with Gasteiger partial charge in [0.15, 0.2) is 0 Å². The Balaban J connectivity index is 2.03. The summed E-state index contributed by atoms with van der Waals surface area (Å²) in [7, 11) is 1.58. The van der Waals surface area contributed by atoms with Gasteiger partial charge in [-0.15, -0.1) is 0 Å². The fourth-order valence-corrected chi connectivity index (χ4v) is 2.24. The normalized spacial score (nSPS) is 17.9. The lowest BCUT2D eigenvalue weighted by molar-refractivity contribution is -0.142. The lowest BCUT2D eigenvalue weighted by atomic mass is 10.2. The molecule has 1 aliphatic heterocycles. The van der Waals surface area contributed by atoms with Crippen LogP contribution in [0.25, 0.3) is 0 Å². The summed E-state index contributed by atoms with van der Waals surface area (Å²) in [6, 6.07) is 1.33. The number of carboxylic acids is 1. The Morgan fingerprint density at radius 3 is 2.55 bits per heavy atom. The molecule has 0 aliphatic carbocycles. The average molecular weight is 280 g/mol. The Hall–Kier alpha value is -1.89. The highest BCUT2D eigenvalue weighted by Crippen LogP contribution is 2.17. The largest absolute Gasteiger partial charge is 0.481 e. The molecule has 0 radical (unpaired) electrons. The van der Waals surface area contributed by atoms with E-state index < -0.39 is 12.0 Å². The molecule has 0 saturated carbocycles. The molecule has 7 nitrogen and oxygen atoms in total. The zero-order chi connectivity index (χ0) is 14.7. The summed E-state index contributed by atoms with van der Waals surface area (Å²) in [5.74, 6) is 0.408. The summed E-state index contributed by atoms with van der Waals surface area (Å²) in [5.41, 5.74) is 0.855. The number of anilines is 1. The van der Waals surface area contributed by atoms with Crippen LogP contribution in [0.1, 0.15) is 12.6 Å². The highest BCUT2D eigenvalue weighted by Gasteiger charge is 2.26. The number of aliphatic carboxylic acids is 1. The highest BCUT2D eigenvalue weighted by atomic mass is 16.5. The van der Waals surface area contributed by atoms with E-state index in [1.54, 1.807) is 20.1 Å². The van der Waals surface area contributed by atoms with E-state index in [1.165, 1.54) is 0 Å². The van der Waals surface area contributed by atoms with Gasteiger partial charge in [0.05, 0.1) is 7.11 Å². The van der Waals surface area contributed by atoms with Crippen molar-refractivity contribution in [1.82, 2.24) is 14.9 Å². The van der Waals surface area contributed by atoms with Crippen molar-refractivity contribution in [2.45, 2.75) is 19.9 Å². The molecule has 7 heteroatoms. The smallest absolute Gasteiger partial charge is 0.320 e. The van der Waals surface area contributed by atoms with Gasteiger partial charge in [-0.05, 0) is 13.8 Å². The minimum absolute atomic E-state index is 0.454. The number of hydrogen-bond acceptors (Lipinski definition) is 6. The molecule has 0 amide bonds. The third kappa shape index (κ3) is 3.16. The van der Waals surface area contributed by atoms with Crippen LogP contribution in [0.15, 0.2) is 6.07 Å². The zero-order valence-corrected chi connectivity index (χ0v) is 12.0. The standard InChI is InChI=1S/C13H20N4O3/c1-9-8-11(20-3)15-13(14-9)17-6-4-16(5-7-17)10(2)12(18)19/h8,10H,4-7H2,1-3H3,(H,18,19). The predicted molar refractivity (Wildman–Crippen MR) is 74.2 cm³/mol. The third-order valence-corrected chi connectivity index (χ3v) is 3.53. The number of nitrogens with zero attached hydrogens (tertiary/aromatic N) is 4. The van der Waals surface area contributed by atoms with E-state index in [2.05, 4.69) is 14.9 Å². The van der Waals surface area contributed by atoms with Crippen LogP contribution in [-0.4, -0.2) is 65.3 Å². The summed E-state index contributed by atoms with van der Waals surface area (Å²) in [4.78, 5) is 23.7. The van der Waals surface area contributed by atoms with Gasteiger partial charge in [0.25, 0.3) is 0 Å². The van der Waals surface area contributed by atoms with Gasteiger partial charge in [-0.3, -0.25) is 9.69 Å². The number of methoxy groups -OCH3 is 1. The summed E-state index contributed by atoms with van der Waals surface area (Å²) in [5, 5.41) is 9.03. The number of carboxylic acid groups (broad SMARTS) is 1. The van der Waals surface area contributed by atoms with Gasteiger partial charge in [0.2, 0.25) is 11.8 Å². The Morgan fingerprint density at radius 1 is 1.35 bits per heavy atom. The maximum absolute atomic E-state index is 11.0. The summed E-state index contributed by atoms with van der Waals surface area (Å²) in [6.07, 6.45) is 0. The number of piperazine rings is 1. The van der Waals surface area contributed by atoms with E-state index in [-0.39, 0.29) is 0 Å². The Bertz CT molecular complexity index is 487. The molecule has 1 unspecified atom stereocenters. The lowest BCUT2D eigenvalue weighted by Gasteiger charge is -2.36. The second kappa shape index (κ2) is 6.04. The second-order valence-corrected chi connectivity index (χ2v) is 4.89. The molecule has 2 rings (SSSR count). The summed E-state index contributed by atoms with van der Waals surface area (Å²) < 4.78 is 5.15. The molecule has 1 fully saturated rings. The topological polar surface area (TPSA) is 78.8 Å². The maximum Gasteiger partial charge on any atom is 0.320 e. The average Bonchev–Trinajstić information content (AvgIpc) is 2.45. The molecule has 110 valence electrons. The van der Waals surface area contributed by atoms with Crippen molar-refractivity contribution in [1.29, 1.82) is 0 Å². The van der Waals surface area contributed by atoms with Crippen LogP contribution in [0.3, 0.4) is 0 Å². The van der Waals surface area contributed by atoms with Crippen LogP contribution in [0, 0.1) is 6.92 Å². The van der Waals surface area contributed by atoms with Crippen molar-refractivity contribution < 1.29 is 14.6 Å². The summed E-state index contributed by atoms with van der Waals surface area (Å²) >= 11 is 0. The fraction of sp³-hybridized carbons (Fsp3) is 0.615. The van der Waals surface area contributed by atoms with Crippen molar-refractivity contribution in [2.24, 2.45) is 0 Å². The molecule has 1 atom stereocenters. The van der Waals surface area contributed by atoms with Gasteiger partial charge >= 0.3 is 5.97 Å². The molecular formula is C13H20N4O3. The van der Waals surface area contributed by atoms with E-state index in [1.807, 2.05) is 11.8 Å². The van der Waals surface area contributed by atoms with Crippen LogP contribution < -0.4 is 9.64 Å². The molecule has 1 aliphatic rings. The van der Waals surface area contributed by atoms with Crippen LogP contribution >= 0.6 is 0 Å². The minimum atomic E-state index is -0.785. The van der Waals surface area contributed by atoms with Gasteiger partial charge in [-0.1, -0.05) is 0 Å². The first-order valence-electron chi connectivity index (χ1n) is 6.62. The molecule has 0 bridgehead atoms. The summed E-state index contributed by atoms with van der Waals surface area (Å²) in [6.45, 7) is 6.41. The molecule has 2 heterocycles.